The van der Waals surface area contributed by atoms with E-state index in [1.165, 1.54) is 16.7 Å². The fourth-order valence-corrected chi connectivity index (χ4v) is 3.51. The second-order valence-corrected chi connectivity index (χ2v) is 8.33. The van der Waals surface area contributed by atoms with Crippen molar-refractivity contribution in [1.82, 2.24) is 4.57 Å². The molecule has 1 aromatic heterocycles. The Morgan fingerprint density at radius 3 is 2.35 bits per heavy atom. The van der Waals surface area contributed by atoms with Gasteiger partial charge >= 0.3 is 11.4 Å². The Morgan fingerprint density at radius 1 is 1.00 bits per heavy atom. The first kappa shape index (κ1) is 20.4. The molecule has 4 rings (SSSR count). The molecule has 0 spiro atoms. The molecule has 1 heterocycles. The van der Waals surface area contributed by atoms with Gasteiger partial charge in [0.1, 0.15) is 5.75 Å². The Bertz CT molecular complexity index is 1310. The number of hydrogen-bond donors (Lipinski definition) is 0. The zero-order valence-electron chi connectivity index (χ0n) is 17.5. The number of benzene rings is 3. The number of rotatable bonds is 5. The van der Waals surface area contributed by atoms with Gasteiger partial charge in [-0.15, -0.1) is 0 Å². The van der Waals surface area contributed by atoms with Crippen LogP contribution in [0.15, 0.2) is 75.9 Å². The molecule has 0 atom stereocenters. The van der Waals surface area contributed by atoms with Crippen LogP contribution < -0.4 is 10.5 Å². The zero-order valence-corrected chi connectivity index (χ0v) is 17.5. The number of ether oxygens (including phenoxy) is 1. The smallest absolute Gasteiger partial charge is 0.420 e. The molecule has 7 heteroatoms. The minimum atomic E-state index is -0.583. The maximum Gasteiger partial charge on any atom is 0.420 e. The molecule has 31 heavy (non-hydrogen) atoms. The van der Waals surface area contributed by atoms with E-state index in [0.717, 1.165) is 11.1 Å². The highest BCUT2D eigenvalue weighted by molar-refractivity contribution is 5.80. The second kappa shape index (κ2) is 7.75. The summed E-state index contributed by atoms with van der Waals surface area (Å²) in [4.78, 5) is 23.6. The van der Waals surface area contributed by atoms with Gasteiger partial charge in [0.05, 0.1) is 23.1 Å². The van der Waals surface area contributed by atoms with E-state index in [4.69, 9.17) is 9.15 Å². The maximum atomic E-state index is 12.5. The van der Waals surface area contributed by atoms with Crippen molar-refractivity contribution >= 4 is 16.8 Å². The van der Waals surface area contributed by atoms with Gasteiger partial charge in [-0.05, 0) is 17.0 Å². The molecule has 0 unspecified atom stereocenters. The highest BCUT2D eigenvalue weighted by Crippen LogP contribution is 2.39. The van der Waals surface area contributed by atoms with Gasteiger partial charge in [-0.25, -0.2) is 4.79 Å². The van der Waals surface area contributed by atoms with Crippen LogP contribution in [0.25, 0.3) is 11.1 Å². The summed E-state index contributed by atoms with van der Waals surface area (Å²) in [7, 11) is 0. The summed E-state index contributed by atoms with van der Waals surface area (Å²) in [5.74, 6) is -0.00453. The lowest BCUT2D eigenvalue weighted by atomic mass is 9.86. The second-order valence-electron chi connectivity index (χ2n) is 8.33. The molecule has 3 aromatic carbocycles. The molecule has 0 N–H and O–H groups in total. The standard InChI is InChI=1S/C24H22N2O5/c1-24(2,3)17-11-7-8-12-20(17)30-22-13-18-21(14-19(22)26(28)29)31-23(27)25(18)15-16-9-5-4-6-10-16/h4-14H,15H2,1-3H3. The molecule has 0 bridgehead atoms. The number of para-hydroxylation sites is 1. The van der Waals surface area contributed by atoms with Crippen molar-refractivity contribution in [3.05, 3.63) is 98.5 Å². The highest BCUT2D eigenvalue weighted by atomic mass is 16.6. The number of nitro benzene ring substituents is 1. The lowest BCUT2D eigenvalue weighted by Crippen LogP contribution is -2.14. The van der Waals surface area contributed by atoms with Gasteiger partial charge in [-0.1, -0.05) is 69.3 Å². The fourth-order valence-electron chi connectivity index (χ4n) is 3.51. The Balaban J connectivity index is 1.85. The third kappa shape index (κ3) is 4.07. The maximum absolute atomic E-state index is 12.5. The van der Waals surface area contributed by atoms with Crippen molar-refractivity contribution in [2.45, 2.75) is 32.7 Å². The Kier molecular flexibility index (Phi) is 5.10. The van der Waals surface area contributed by atoms with Crippen LogP contribution in [0.1, 0.15) is 31.9 Å². The van der Waals surface area contributed by atoms with E-state index in [1.54, 1.807) is 6.07 Å². The molecule has 0 saturated heterocycles. The number of nitrogens with zero attached hydrogens (tertiary/aromatic N) is 2. The van der Waals surface area contributed by atoms with E-state index >= 15 is 0 Å². The molecule has 4 aromatic rings. The average molecular weight is 418 g/mol. The molecular weight excluding hydrogens is 396 g/mol. The molecule has 0 radical (unpaired) electrons. The van der Waals surface area contributed by atoms with Crippen LogP contribution in [-0.4, -0.2) is 9.49 Å². The predicted molar refractivity (Wildman–Crippen MR) is 118 cm³/mol. The van der Waals surface area contributed by atoms with Crippen molar-refractivity contribution < 1.29 is 14.1 Å². The molecule has 0 saturated carbocycles. The van der Waals surface area contributed by atoms with E-state index in [9.17, 15) is 14.9 Å². The predicted octanol–water partition coefficient (Wildman–Crippen LogP) is 5.64. The van der Waals surface area contributed by atoms with Gasteiger partial charge in [0.2, 0.25) is 5.75 Å². The van der Waals surface area contributed by atoms with Gasteiger partial charge in [0.15, 0.2) is 5.58 Å². The summed E-state index contributed by atoms with van der Waals surface area (Å²) in [6, 6.07) is 19.6. The normalized spacial score (nSPS) is 11.6. The molecule has 158 valence electrons. The van der Waals surface area contributed by atoms with Gasteiger partial charge in [-0.2, -0.15) is 0 Å². The third-order valence-corrected chi connectivity index (χ3v) is 5.04. The highest BCUT2D eigenvalue weighted by Gasteiger charge is 2.25. The Hall–Kier alpha value is -3.87. The number of aromatic nitrogens is 1. The van der Waals surface area contributed by atoms with E-state index in [0.29, 0.717) is 11.3 Å². The SMILES string of the molecule is CC(C)(C)c1ccccc1Oc1cc2c(cc1[N+](=O)[O-])oc(=O)n2Cc1ccccc1. The third-order valence-electron chi connectivity index (χ3n) is 5.04. The van der Waals surface area contributed by atoms with E-state index in [1.807, 2.05) is 69.3 Å². The summed E-state index contributed by atoms with van der Waals surface area (Å²) in [6.45, 7) is 6.41. The lowest BCUT2D eigenvalue weighted by molar-refractivity contribution is -0.385. The lowest BCUT2D eigenvalue weighted by Gasteiger charge is -2.22. The molecule has 0 aliphatic carbocycles. The fraction of sp³-hybridized carbons (Fsp3) is 0.208. The van der Waals surface area contributed by atoms with Crippen LogP contribution in [0.4, 0.5) is 5.69 Å². The van der Waals surface area contributed by atoms with Crippen LogP contribution in [0.5, 0.6) is 11.5 Å². The number of nitro groups is 1. The van der Waals surface area contributed by atoms with Crippen molar-refractivity contribution in [3.8, 4) is 11.5 Å². The molecule has 7 nitrogen and oxygen atoms in total. The molecular formula is C24H22N2O5. The van der Waals surface area contributed by atoms with Crippen LogP contribution in [0.2, 0.25) is 0 Å². The number of oxazole rings is 1. The summed E-state index contributed by atoms with van der Waals surface area (Å²) >= 11 is 0. The van der Waals surface area contributed by atoms with Crippen LogP contribution in [0.3, 0.4) is 0 Å². The molecule has 0 aliphatic heterocycles. The Labute approximate surface area is 178 Å². The number of fused-ring (bicyclic) bond motifs is 1. The van der Waals surface area contributed by atoms with E-state index in [-0.39, 0.29) is 29.0 Å². The summed E-state index contributed by atoms with van der Waals surface area (Å²) in [5.41, 5.74) is 1.91. The van der Waals surface area contributed by atoms with Crippen LogP contribution >= 0.6 is 0 Å². The first-order valence-electron chi connectivity index (χ1n) is 9.87. The van der Waals surface area contributed by atoms with Gasteiger partial charge in [0.25, 0.3) is 0 Å². The average Bonchev–Trinajstić information content (AvgIpc) is 3.02. The minimum absolute atomic E-state index is 0.0526. The topological polar surface area (TPSA) is 87.5 Å². The summed E-state index contributed by atoms with van der Waals surface area (Å²) in [5, 5.41) is 11.7. The largest absolute Gasteiger partial charge is 0.450 e. The minimum Gasteiger partial charge on any atom is -0.450 e. The van der Waals surface area contributed by atoms with Crippen LogP contribution in [-0.2, 0) is 12.0 Å². The van der Waals surface area contributed by atoms with Crippen molar-refractivity contribution in [2.75, 3.05) is 0 Å². The van der Waals surface area contributed by atoms with Crippen molar-refractivity contribution in [2.24, 2.45) is 0 Å². The zero-order chi connectivity index (χ0) is 22.2. The molecule has 0 amide bonds. The van der Waals surface area contributed by atoms with E-state index < -0.39 is 10.7 Å². The number of hydrogen-bond acceptors (Lipinski definition) is 5. The molecule has 0 fully saturated rings. The first-order chi connectivity index (χ1) is 14.7. The van der Waals surface area contributed by atoms with Crippen LogP contribution in [0, 0.1) is 10.1 Å². The first-order valence-corrected chi connectivity index (χ1v) is 9.87. The van der Waals surface area contributed by atoms with E-state index in [2.05, 4.69) is 0 Å². The van der Waals surface area contributed by atoms with Crippen molar-refractivity contribution in [1.29, 1.82) is 0 Å². The van der Waals surface area contributed by atoms with Gasteiger partial charge < -0.3 is 9.15 Å². The summed E-state index contributed by atoms with van der Waals surface area (Å²) in [6.07, 6.45) is 0. The Morgan fingerprint density at radius 2 is 1.68 bits per heavy atom. The van der Waals surface area contributed by atoms with Gasteiger partial charge in [-0.3, -0.25) is 14.7 Å². The van der Waals surface area contributed by atoms with Gasteiger partial charge in [0, 0.05) is 11.6 Å². The quantitative estimate of drug-likeness (QED) is 0.309. The van der Waals surface area contributed by atoms with Crippen molar-refractivity contribution in [3.63, 3.8) is 0 Å². The monoisotopic (exact) mass is 418 g/mol. The molecule has 0 aliphatic rings. The summed E-state index contributed by atoms with van der Waals surface area (Å²) < 4.78 is 12.8.